The quantitative estimate of drug-likeness (QED) is 0.695. The Morgan fingerprint density at radius 3 is 2.42 bits per heavy atom. The van der Waals surface area contributed by atoms with Gasteiger partial charge in [0.05, 0.1) is 0 Å². The van der Waals surface area contributed by atoms with E-state index in [9.17, 15) is 0 Å². The molecule has 1 heterocycles. The van der Waals surface area contributed by atoms with E-state index in [0.29, 0.717) is 5.82 Å². The normalized spacial score (nSPS) is 9.00. The summed E-state index contributed by atoms with van der Waals surface area (Å²) in [5.41, 5.74) is 0.998. The molecule has 4 nitrogen and oxygen atoms in total. The zero-order valence-corrected chi connectivity index (χ0v) is 8.33. The Kier molecular flexibility index (Phi) is 2.96. The van der Waals surface area contributed by atoms with Crippen LogP contribution in [0.1, 0.15) is 0 Å². The molecule has 0 radical (unpaired) electrons. The topological polar surface area (TPSA) is 54.5 Å². The molecule has 2 rings (SSSR count). The molecule has 5 heteroatoms. The van der Waals surface area contributed by atoms with Crippen molar-refractivity contribution >= 4 is 17.1 Å². The number of H-pyrrole nitrogens is 1. The molecule has 1 aromatic heterocycles. The van der Waals surface area contributed by atoms with Crippen LogP contribution in [0.2, 0.25) is 0 Å². The first-order valence-corrected chi connectivity index (χ1v) is 3.26. The molecule has 62 valence electrons. The number of tetrazole rings is 1. The van der Waals surface area contributed by atoms with Crippen LogP contribution in [0.3, 0.4) is 0 Å². The molecular formula is C7H8N4Se. The maximum Gasteiger partial charge on any atom is 0.179 e. The summed E-state index contributed by atoms with van der Waals surface area (Å²) in [7, 11) is 0. The molecule has 0 aliphatic heterocycles. The summed E-state index contributed by atoms with van der Waals surface area (Å²) in [5.74, 6) is 0.700. The Labute approximate surface area is 79.9 Å². The van der Waals surface area contributed by atoms with Gasteiger partial charge < -0.3 is 0 Å². The van der Waals surface area contributed by atoms with E-state index in [2.05, 4.69) is 20.6 Å². The molecule has 0 unspecified atom stereocenters. The summed E-state index contributed by atoms with van der Waals surface area (Å²) < 4.78 is 0. The summed E-state index contributed by atoms with van der Waals surface area (Å²) in [6.07, 6.45) is 0. The van der Waals surface area contributed by atoms with Crippen LogP contribution in [0.25, 0.3) is 11.4 Å². The van der Waals surface area contributed by atoms with Gasteiger partial charge >= 0.3 is 17.1 Å². The van der Waals surface area contributed by atoms with Gasteiger partial charge in [-0.2, -0.15) is 0 Å². The number of nitrogens with zero attached hydrogens (tertiary/aromatic N) is 3. The largest absolute Gasteiger partial charge is 0.239 e. The van der Waals surface area contributed by atoms with Crippen molar-refractivity contribution in [3.05, 3.63) is 30.3 Å². The summed E-state index contributed by atoms with van der Waals surface area (Å²) in [6, 6.07) is 9.73. The zero-order chi connectivity index (χ0) is 7.52. The van der Waals surface area contributed by atoms with E-state index < -0.39 is 0 Å². The van der Waals surface area contributed by atoms with Gasteiger partial charge in [-0.1, -0.05) is 30.3 Å². The summed E-state index contributed by atoms with van der Waals surface area (Å²) in [4.78, 5) is 0. The van der Waals surface area contributed by atoms with Crippen LogP contribution in [-0.4, -0.2) is 37.7 Å². The Morgan fingerprint density at radius 2 is 1.83 bits per heavy atom. The number of aromatic amines is 1. The van der Waals surface area contributed by atoms with Gasteiger partial charge in [0.2, 0.25) is 0 Å². The maximum absolute atomic E-state index is 3.77. The molecule has 0 fully saturated rings. The van der Waals surface area contributed by atoms with E-state index in [-0.39, 0.29) is 17.1 Å². The van der Waals surface area contributed by atoms with Gasteiger partial charge in [-0.15, -0.1) is 5.10 Å². The molecule has 1 N–H and O–H groups in total. The molecule has 0 spiro atoms. The van der Waals surface area contributed by atoms with Crippen LogP contribution in [0.15, 0.2) is 30.3 Å². The smallest absolute Gasteiger partial charge is 0.179 e. The number of aromatic nitrogens is 4. The van der Waals surface area contributed by atoms with Gasteiger partial charge in [-0.05, 0) is 10.4 Å². The van der Waals surface area contributed by atoms with Crippen LogP contribution in [0.4, 0.5) is 0 Å². The maximum atomic E-state index is 3.77. The van der Waals surface area contributed by atoms with Gasteiger partial charge in [0.25, 0.3) is 0 Å². The Balaban J connectivity index is 0.000000720. The molecule has 0 aliphatic rings. The van der Waals surface area contributed by atoms with Crippen molar-refractivity contribution in [2.45, 2.75) is 0 Å². The first-order valence-electron chi connectivity index (χ1n) is 3.26. The van der Waals surface area contributed by atoms with E-state index in [0.717, 1.165) is 5.56 Å². The average molecular weight is 227 g/mol. The van der Waals surface area contributed by atoms with Crippen LogP contribution in [-0.2, 0) is 0 Å². The Morgan fingerprint density at radius 1 is 1.08 bits per heavy atom. The second kappa shape index (κ2) is 3.99. The van der Waals surface area contributed by atoms with Crippen LogP contribution >= 0.6 is 0 Å². The first kappa shape index (κ1) is 8.90. The second-order valence-corrected chi connectivity index (χ2v) is 2.12. The van der Waals surface area contributed by atoms with E-state index >= 15 is 0 Å². The third-order valence-corrected chi connectivity index (χ3v) is 1.39. The zero-order valence-electron chi connectivity index (χ0n) is 6.23. The summed E-state index contributed by atoms with van der Waals surface area (Å²) in [5, 5.41) is 13.4. The number of benzene rings is 1. The van der Waals surface area contributed by atoms with Crippen LogP contribution in [0.5, 0.6) is 0 Å². The minimum Gasteiger partial charge on any atom is -0.239 e. The fraction of sp³-hybridized carbons (Fsp3) is 0. The van der Waals surface area contributed by atoms with Crippen molar-refractivity contribution in [2.24, 2.45) is 0 Å². The number of nitrogens with one attached hydrogen (secondary N) is 1. The van der Waals surface area contributed by atoms with Crippen molar-refractivity contribution in [1.82, 2.24) is 20.6 Å². The van der Waals surface area contributed by atoms with Crippen LogP contribution in [0, 0.1) is 0 Å². The molecule has 2 aromatic rings. The van der Waals surface area contributed by atoms with Crippen molar-refractivity contribution in [2.75, 3.05) is 0 Å². The van der Waals surface area contributed by atoms with E-state index in [1.165, 1.54) is 0 Å². The molecule has 0 saturated carbocycles. The molecule has 0 atom stereocenters. The van der Waals surface area contributed by atoms with Crippen molar-refractivity contribution in [1.29, 1.82) is 0 Å². The van der Waals surface area contributed by atoms with Gasteiger partial charge in [0, 0.05) is 5.56 Å². The van der Waals surface area contributed by atoms with Gasteiger partial charge in [-0.25, -0.2) is 5.10 Å². The summed E-state index contributed by atoms with van der Waals surface area (Å²) in [6.45, 7) is 0. The predicted octanol–water partition coefficient (Wildman–Crippen LogP) is -0.0495. The van der Waals surface area contributed by atoms with Crippen molar-refractivity contribution < 1.29 is 0 Å². The molecule has 0 saturated heterocycles. The van der Waals surface area contributed by atoms with E-state index in [1.54, 1.807) is 0 Å². The third-order valence-electron chi connectivity index (χ3n) is 1.39. The van der Waals surface area contributed by atoms with E-state index in [4.69, 9.17) is 0 Å². The van der Waals surface area contributed by atoms with E-state index in [1.807, 2.05) is 30.3 Å². The first-order chi connectivity index (χ1) is 5.47. The molecule has 0 bridgehead atoms. The SMILES string of the molecule is [SeH2].c1ccc(-c2nnn[nH]2)cc1. The minimum absolute atomic E-state index is 0. The number of rotatable bonds is 1. The predicted molar refractivity (Wildman–Crippen MR) is 48.2 cm³/mol. The number of hydrogen-bond acceptors (Lipinski definition) is 3. The molecule has 1 aromatic carbocycles. The second-order valence-electron chi connectivity index (χ2n) is 2.12. The molecule has 0 aliphatic carbocycles. The Bertz CT molecular complexity index is 318. The van der Waals surface area contributed by atoms with Gasteiger partial charge in [0.1, 0.15) is 0 Å². The standard InChI is InChI=1S/C7H6N4.H2Se/c1-2-4-6(5-3-1)7-8-10-11-9-7;/h1-5H,(H,8,9,10,11);1H2. The van der Waals surface area contributed by atoms with Gasteiger partial charge in [-0.3, -0.25) is 0 Å². The van der Waals surface area contributed by atoms with Crippen molar-refractivity contribution in [3.63, 3.8) is 0 Å². The van der Waals surface area contributed by atoms with Gasteiger partial charge in [0.15, 0.2) is 5.82 Å². The number of hydrogen-bond donors (Lipinski definition) is 1. The molecule has 12 heavy (non-hydrogen) atoms. The van der Waals surface area contributed by atoms with Crippen molar-refractivity contribution in [3.8, 4) is 11.4 Å². The third kappa shape index (κ3) is 1.69. The average Bonchev–Trinajstić information content (AvgIpc) is 2.58. The summed E-state index contributed by atoms with van der Waals surface area (Å²) >= 11 is 0. The van der Waals surface area contributed by atoms with Crippen LogP contribution < -0.4 is 0 Å². The monoisotopic (exact) mass is 228 g/mol. The molecule has 0 amide bonds. The molecular weight excluding hydrogens is 219 g/mol. The Hall–Kier alpha value is -1.19. The fourth-order valence-corrected chi connectivity index (χ4v) is 0.877. The minimum atomic E-state index is 0. The fourth-order valence-electron chi connectivity index (χ4n) is 0.877.